The van der Waals surface area contributed by atoms with E-state index < -0.39 is 5.60 Å². The van der Waals surface area contributed by atoms with Crippen LogP contribution in [0.5, 0.6) is 0 Å². The van der Waals surface area contributed by atoms with Crippen molar-refractivity contribution in [2.75, 3.05) is 38.5 Å². The van der Waals surface area contributed by atoms with Crippen molar-refractivity contribution >= 4 is 23.2 Å². The van der Waals surface area contributed by atoms with Gasteiger partial charge in [0.25, 0.3) is 5.91 Å². The number of nitrogens with zero attached hydrogens (tertiary/aromatic N) is 2. The molecule has 1 fully saturated rings. The van der Waals surface area contributed by atoms with Crippen molar-refractivity contribution in [3.8, 4) is 0 Å². The summed E-state index contributed by atoms with van der Waals surface area (Å²) >= 11 is 5.87. The van der Waals surface area contributed by atoms with Gasteiger partial charge in [-0.05, 0) is 32.0 Å². The molecule has 1 aliphatic rings. The molecule has 0 aliphatic carbocycles. The Labute approximate surface area is 130 Å². The molecule has 0 saturated carbocycles. The molecule has 0 atom stereocenters. The van der Waals surface area contributed by atoms with Crippen LogP contribution in [0.2, 0.25) is 5.02 Å². The van der Waals surface area contributed by atoms with Crippen molar-refractivity contribution in [2.24, 2.45) is 0 Å². The lowest BCUT2D eigenvalue weighted by atomic mass is 10.1. The maximum Gasteiger partial charge on any atom is 0.254 e. The van der Waals surface area contributed by atoms with Crippen LogP contribution in [0.3, 0.4) is 0 Å². The predicted octanol–water partition coefficient (Wildman–Crippen LogP) is 1.45. The largest absolute Gasteiger partial charge is 0.398 e. The molecule has 2 rings (SSSR count). The number of halogens is 1. The Morgan fingerprint density at radius 2 is 1.95 bits per heavy atom. The smallest absolute Gasteiger partial charge is 0.254 e. The van der Waals surface area contributed by atoms with Crippen molar-refractivity contribution in [1.29, 1.82) is 0 Å². The lowest BCUT2D eigenvalue weighted by Crippen LogP contribution is -2.52. The lowest BCUT2D eigenvalue weighted by Gasteiger charge is -2.37. The molecule has 0 bridgehead atoms. The summed E-state index contributed by atoms with van der Waals surface area (Å²) in [7, 11) is 0. The fourth-order valence-corrected chi connectivity index (χ4v) is 2.63. The third-order valence-electron chi connectivity index (χ3n) is 3.51. The summed E-state index contributed by atoms with van der Waals surface area (Å²) in [4.78, 5) is 16.4. The third-order valence-corrected chi connectivity index (χ3v) is 3.86. The fraction of sp³-hybridized carbons (Fsp3) is 0.533. The summed E-state index contributed by atoms with van der Waals surface area (Å²) in [6.45, 7) is 7.03. The first kappa shape index (κ1) is 16.1. The Bertz CT molecular complexity index is 520. The van der Waals surface area contributed by atoms with E-state index in [4.69, 9.17) is 17.3 Å². The van der Waals surface area contributed by atoms with Crippen LogP contribution in [0.15, 0.2) is 18.2 Å². The second-order valence-corrected chi connectivity index (χ2v) is 6.52. The Morgan fingerprint density at radius 1 is 1.33 bits per heavy atom. The van der Waals surface area contributed by atoms with Crippen molar-refractivity contribution < 1.29 is 9.90 Å². The van der Waals surface area contributed by atoms with Crippen LogP contribution in [0, 0.1) is 0 Å². The van der Waals surface area contributed by atoms with Gasteiger partial charge in [-0.25, -0.2) is 0 Å². The average molecular weight is 312 g/mol. The van der Waals surface area contributed by atoms with Gasteiger partial charge in [0.15, 0.2) is 0 Å². The van der Waals surface area contributed by atoms with Gasteiger partial charge in [0.2, 0.25) is 0 Å². The number of rotatable bonds is 3. The highest BCUT2D eigenvalue weighted by Gasteiger charge is 2.25. The number of hydrogen-bond donors (Lipinski definition) is 2. The van der Waals surface area contributed by atoms with E-state index in [1.165, 1.54) is 0 Å². The minimum absolute atomic E-state index is 0.0266. The van der Waals surface area contributed by atoms with Crippen LogP contribution in [-0.4, -0.2) is 59.1 Å². The SMILES string of the molecule is CC(C)(O)CN1CCN(C(=O)c2ccc(Cl)c(N)c2)CC1. The zero-order chi connectivity index (χ0) is 15.6. The van der Waals surface area contributed by atoms with E-state index in [1.54, 1.807) is 32.0 Å². The van der Waals surface area contributed by atoms with Crippen LogP contribution in [0.4, 0.5) is 5.69 Å². The van der Waals surface area contributed by atoms with Gasteiger partial charge in [-0.1, -0.05) is 11.6 Å². The highest BCUT2D eigenvalue weighted by molar-refractivity contribution is 6.33. The molecule has 21 heavy (non-hydrogen) atoms. The zero-order valence-corrected chi connectivity index (χ0v) is 13.2. The van der Waals surface area contributed by atoms with Crippen LogP contribution < -0.4 is 5.73 Å². The van der Waals surface area contributed by atoms with E-state index in [-0.39, 0.29) is 5.91 Å². The average Bonchev–Trinajstić information content (AvgIpc) is 2.40. The molecular weight excluding hydrogens is 290 g/mol. The molecule has 3 N–H and O–H groups in total. The first-order valence-corrected chi connectivity index (χ1v) is 7.43. The molecule has 5 nitrogen and oxygen atoms in total. The molecule has 1 aromatic rings. The minimum atomic E-state index is -0.711. The molecule has 1 aromatic carbocycles. The number of piperazine rings is 1. The standard InChI is InChI=1S/C15H22ClN3O2/c1-15(2,21)10-18-5-7-19(8-6-18)14(20)11-3-4-12(16)13(17)9-11/h3-4,9,21H,5-8,10,17H2,1-2H3. The molecule has 0 unspecified atom stereocenters. The lowest BCUT2D eigenvalue weighted by molar-refractivity contribution is 0.0178. The van der Waals surface area contributed by atoms with Gasteiger partial charge < -0.3 is 15.7 Å². The number of β-amino-alcohol motifs (C(OH)–C–C–N with tert-alkyl or cyclic N) is 1. The van der Waals surface area contributed by atoms with Crippen molar-refractivity contribution in [3.63, 3.8) is 0 Å². The van der Waals surface area contributed by atoms with Crippen LogP contribution in [0.1, 0.15) is 24.2 Å². The van der Waals surface area contributed by atoms with Gasteiger partial charge >= 0.3 is 0 Å². The minimum Gasteiger partial charge on any atom is -0.398 e. The van der Waals surface area contributed by atoms with Crippen molar-refractivity contribution in [2.45, 2.75) is 19.4 Å². The van der Waals surface area contributed by atoms with Gasteiger partial charge in [0.05, 0.1) is 16.3 Å². The zero-order valence-electron chi connectivity index (χ0n) is 12.5. The fourth-order valence-electron chi connectivity index (χ4n) is 2.52. The normalized spacial score (nSPS) is 17.0. The Hall–Kier alpha value is -1.30. The number of hydrogen-bond acceptors (Lipinski definition) is 4. The number of anilines is 1. The third kappa shape index (κ3) is 4.33. The second-order valence-electron chi connectivity index (χ2n) is 6.12. The Morgan fingerprint density at radius 3 is 2.48 bits per heavy atom. The summed E-state index contributed by atoms with van der Waals surface area (Å²) in [5.41, 5.74) is 6.01. The molecule has 0 aromatic heterocycles. The van der Waals surface area contributed by atoms with E-state index in [9.17, 15) is 9.90 Å². The Balaban J connectivity index is 1.95. The number of amides is 1. The van der Waals surface area contributed by atoms with E-state index >= 15 is 0 Å². The highest BCUT2D eigenvalue weighted by atomic mass is 35.5. The predicted molar refractivity (Wildman–Crippen MR) is 84.5 cm³/mol. The molecule has 1 amide bonds. The molecule has 6 heteroatoms. The summed E-state index contributed by atoms with van der Waals surface area (Å²) in [6, 6.07) is 4.97. The van der Waals surface area contributed by atoms with Crippen LogP contribution in [-0.2, 0) is 0 Å². The van der Waals surface area contributed by atoms with Crippen LogP contribution >= 0.6 is 11.6 Å². The topological polar surface area (TPSA) is 69.8 Å². The molecule has 116 valence electrons. The number of aliphatic hydroxyl groups is 1. The molecule has 0 spiro atoms. The maximum absolute atomic E-state index is 12.4. The monoisotopic (exact) mass is 311 g/mol. The van der Waals surface area contributed by atoms with Crippen molar-refractivity contribution in [3.05, 3.63) is 28.8 Å². The van der Waals surface area contributed by atoms with E-state index in [0.717, 1.165) is 13.1 Å². The van der Waals surface area contributed by atoms with E-state index in [0.29, 0.717) is 35.9 Å². The maximum atomic E-state index is 12.4. The quantitative estimate of drug-likeness (QED) is 0.829. The molecule has 0 radical (unpaired) electrons. The molecule has 1 saturated heterocycles. The van der Waals surface area contributed by atoms with Gasteiger partial charge in [-0.3, -0.25) is 9.69 Å². The summed E-state index contributed by atoms with van der Waals surface area (Å²) < 4.78 is 0. The number of nitrogens with two attached hydrogens (primary N) is 1. The van der Waals surface area contributed by atoms with E-state index in [1.807, 2.05) is 4.90 Å². The van der Waals surface area contributed by atoms with E-state index in [2.05, 4.69) is 4.90 Å². The molecule has 1 heterocycles. The summed E-state index contributed by atoms with van der Waals surface area (Å²) in [5, 5.41) is 10.3. The van der Waals surface area contributed by atoms with Gasteiger partial charge in [0.1, 0.15) is 0 Å². The van der Waals surface area contributed by atoms with Gasteiger partial charge in [-0.2, -0.15) is 0 Å². The van der Waals surface area contributed by atoms with Crippen molar-refractivity contribution in [1.82, 2.24) is 9.80 Å². The summed E-state index contributed by atoms with van der Waals surface area (Å²) in [6.07, 6.45) is 0. The number of benzene rings is 1. The molecular formula is C15H22ClN3O2. The first-order chi connectivity index (χ1) is 9.76. The van der Waals surface area contributed by atoms with Gasteiger partial charge in [0, 0.05) is 38.3 Å². The van der Waals surface area contributed by atoms with Crippen LogP contribution in [0.25, 0.3) is 0 Å². The number of carbonyl (C=O) groups excluding carboxylic acids is 1. The molecule has 1 aliphatic heterocycles. The van der Waals surface area contributed by atoms with Gasteiger partial charge in [-0.15, -0.1) is 0 Å². The Kier molecular flexibility index (Phi) is 4.76. The number of carbonyl (C=O) groups is 1. The first-order valence-electron chi connectivity index (χ1n) is 7.05. The number of nitrogen functional groups attached to an aromatic ring is 1. The highest BCUT2D eigenvalue weighted by Crippen LogP contribution is 2.21. The summed E-state index contributed by atoms with van der Waals surface area (Å²) in [5.74, 6) is -0.0266. The second kappa shape index (κ2) is 6.22.